The van der Waals surface area contributed by atoms with Gasteiger partial charge in [-0.15, -0.1) is 0 Å². The maximum Gasteiger partial charge on any atom is 0.312 e. The first kappa shape index (κ1) is 60.0. The number of Topliss-reactive ketones (excluding diaryl/α,β-unsaturated/α-hetero) is 6. The SMILES string of the molecule is CN[C@@H](C(=O)C[C@@H](CCCNC(N)=O)C(C)=O)C(C)C.CN[C@H](C(=O)C[C@@H](CCCNC(N)=O)C(C)=O)C(C)C.CN[C@H](C(=O)C[C@H](CCCNC(N)=O)C(C)=O)C(C)C. The number of ketones is 6. The Balaban J connectivity index is -0.000000812. The molecule has 0 aromatic rings. The van der Waals surface area contributed by atoms with Crippen molar-refractivity contribution in [1.29, 1.82) is 0 Å². The lowest BCUT2D eigenvalue weighted by Gasteiger charge is -2.21. The second-order valence-electron chi connectivity index (χ2n) is 16.3. The Hall–Kier alpha value is -4.29. The van der Waals surface area contributed by atoms with Gasteiger partial charge in [-0.2, -0.15) is 0 Å². The summed E-state index contributed by atoms with van der Waals surface area (Å²) in [5.41, 5.74) is 14.9. The van der Waals surface area contributed by atoms with Gasteiger partial charge in [0.2, 0.25) is 0 Å². The van der Waals surface area contributed by atoms with Crippen LogP contribution < -0.4 is 49.1 Å². The van der Waals surface area contributed by atoms with Gasteiger partial charge in [-0.05, 0) is 98.2 Å². The molecular formula is C42H81N9O9. The molecule has 0 fully saturated rings. The van der Waals surface area contributed by atoms with Crippen LogP contribution in [0.3, 0.4) is 0 Å². The Morgan fingerprint density at radius 1 is 0.400 bits per heavy atom. The van der Waals surface area contributed by atoms with Crippen LogP contribution in [-0.4, -0.2) is 112 Å². The van der Waals surface area contributed by atoms with Gasteiger partial charge >= 0.3 is 18.1 Å². The number of carbonyl (C=O) groups is 9. The highest BCUT2D eigenvalue weighted by molar-refractivity contribution is 5.91. The van der Waals surface area contributed by atoms with Crippen molar-refractivity contribution in [1.82, 2.24) is 31.9 Å². The summed E-state index contributed by atoms with van der Waals surface area (Å²) < 4.78 is 0. The van der Waals surface area contributed by atoms with Gasteiger partial charge in [-0.3, -0.25) is 28.8 Å². The molecule has 0 aliphatic rings. The first-order valence-electron chi connectivity index (χ1n) is 21.1. The highest BCUT2D eigenvalue weighted by Gasteiger charge is 2.27. The van der Waals surface area contributed by atoms with Gasteiger partial charge in [-0.1, -0.05) is 41.5 Å². The second-order valence-corrected chi connectivity index (χ2v) is 16.3. The first-order valence-corrected chi connectivity index (χ1v) is 21.1. The minimum Gasteiger partial charge on any atom is -0.352 e. The number of carbonyl (C=O) groups excluding carboxylic acids is 9. The molecule has 18 nitrogen and oxygen atoms in total. The summed E-state index contributed by atoms with van der Waals surface area (Å²) in [6.45, 7) is 17.6. The maximum absolute atomic E-state index is 12.2. The van der Waals surface area contributed by atoms with Crippen molar-refractivity contribution < 1.29 is 43.2 Å². The Morgan fingerprint density at radius 2 is 0.600 bits per heavy atom. The van der Waals surface area contributed by atoms with Gasteiger partial charge < -0.3 is 49.1 Å². The summed E-state index contributed by atoms with van der Waals surface area (Å²) in [7, 11) is 5.26. The molecule has 0 rings (SSSR count). The van der Waals surface area contributed by atoms with E-state index < -0.39 is 18.1 Å². The molecule has 0 spiro atoms. The largest absolute Gasteiger partial charge is 0.352 e. The fourth-order valence-corrected chi connectivity index (χ4v) is 6.74. The molecule has 0 unspecified atom stereocenters. The predicted molar refractivity (Wildman–Crippen MR) is 235 cm³/mol. The molecule has 0 radical (unpaired) electrons. The smallest absolute Gasteiger partial charge is 0.312 e. The van der Waals surface area contributed by atoms with Crippen LogP contribution in [0.1, 0.15) is 120 Å². The summed E-state index contributed by atoms with van der Waals surface area (Å²) in [5, 5.41) is 16.4. The number of nitrogens with one attached hydrogen (secondary N) is 6. The fourth-order valence-electron chi connectivity index (χ4n) is 6.74. The van der Waals surface area contributed by atoms with Gasteiger partial charge in [0.25, 0.3) is 0 Å². The molecule has 0 saturated heterocycles. The number of amides is 6. The number of hydrogen-bond donors (Lipinski definition) is 9. The van der Waals surface area contributed by atoms with Crippen molar-refractivity contribution in [3.8, 4) is 0 Å². The highest BCUT2D eigenvalue weighted by atomic mass is 16.2. The first-order chi connectivity index (χ1) is 27.9. The van der Waals surface area contributed by atoms with Crippen molar-refractivity contribution in [3.63, 3.8) is 0 Å². The number of hydrogen-bond acceptors (Lipinski definition) is 12. The van der Waals surface area contributed by atoms with Crippen molar-refractivity contribution in [2.24, 2.45) is 52.7 Å². The zero-order valence-corrected chi connectivity index (χ0v) is 38.6. The average molecular weight is 856 g/mol. The number of urea groups is 3. The van der Waals surface area contributed by atoms with E-state index in [9.17, 15) is 43.2 Å². The molecule has 6 atom stereocenters. The van der Waals surface area contributed by atoms with Gasteiger partial charge in [0.15, 0.2) is 17.3 Å². The highest BCUT2D eigenvalue weighted by Crippen LogP contribution is 2.19. The van der Waals surface area contributed by atoms with E-state index in [1.807, 2.05) is 41.5 Å². The average Bonchev–Trinajstić information content (AvgIpc) is 3.12. The third kappa shape index (κ3) is 29.8. The Kier molecular flexibility index (Phi) is 34.4. The summed E-state index contributed by atoms with van der Waals surface area (Å²) in [4.78, 5) is 103. The lowest BCUT2D eigenvalue weighted by Crippen LogP contribution is -2.40. The number of nitrogens with two attached hydrogens (primary N) is 3. The molecule has 0 bridgehead atoms. The quantitative estimate of drug-likeness (QED) is 0.0471. The summed E-state index contributed by atoms with van der Waals surface area (Å²) in [6, 6.07) is -2.39. The third-order valence-corrected chi connectivity index (χ3v) is 10.1. The summed E-state index contributed by atoms with van der Waals surface area (Å²) in [5.74, 6) is -0.0694. The Bertz CT molecular complexity index is 1180. The zero-order chi connectivity index (χ0) is 47.1. The van der Waals surface area contributed by atoms with Gasteiger partial charge in [0.05, 0.1) is 18.1 Å². The van der Waals surface area contributed by atoms with Crippen LogP contribution in [0.5, 0.6) is 0 Å². The van der Waals surface area contributed by atoms with E-state index in [1.54, 1.807) is 21.1 Å². The molecular weight excluding hydrogens is 775 g/mol. The standard InChI is InChI=1S/3C14H27N3O3/c3*1-9(2)13(16-4)12(19)8-11(10(3)18)6-5-7-17-14(15)20/h3*9,11,13,16H,5-8H2,1-4H3,(H3,15,17,20)/t11-,13+;2*11-,13-/m110/s1. The fraction of sp³-hybridized carbons (Fsp3) is 0.786. The number of primary amides is 3. The van der Waals surface area contributed by atoms with Crippen molar-refractivity contribution in [3.05, 3.63) is 0 Å². The molecule has 0 saturated carbocycles. The monoisotopic (exact) mass is 856 g/mol. The molecule has 0 aliphatic carbocycles. The Morgan fingerprint density at radius 3 is 0.733 bits per heavy atom. The van der Waals surface area contributed by atoms with Crippen molar-refractivity contribution in [2.75, 3.05) is 40.8 Å². The van der Waals surface area contributed by atoms with E-state index in [4.69, 9.17) is 17.2 Å². The van der Waals surface area contributed by atoms with Crippen molar-refractivity contribution in [2.45, 2.75) is 138 Å². The molecule has 18 heteroatoms. The third-order valence-electron chi connectivity index (χ3n) is 10.1. The molecule has 60 heavy (non-hydrogen) atoms. The van der Waals surface area contributed by atoms with E-state index in [0.717, 1.165) is 0 Å². The van der Waals surface area contributed by atoms with E-state index in [-0.39, 0.29) is 108 Å². The summed E-state index contributed by atoms with van der Waals surface area (Å²) in [6.07, 6.45) is 4.37. The zero-order valence-electron chi connectivity index (χ0n) is 38.6. The van der Waals surface area contributed by atoms with Crippen LogP contribution in [0, 0.1) is 35.5 Å². The molecule has 0 aromatic heterocycles. The van der Waals surface area contributed by atoms with E-state index in [0.29, 0.717) is 58.2 Å². The van der Waals surface area contributed by atoms with Crippen LogP contribution >= 0.6 is 0 Å². The van der Waals surface area contributed by atoms with E-state index >= 15 is 0 Å². The van der Waals surface area contributed by atoms with Crippen LogP contribution in [-0.2, 0) is 28.8 Å². The van der Waals surface area contributed by atoms with Crippen molar-refractivity contribution >= 4 is 52.8 Å². The molecule has 0 aliphatic heterocycles. The van der Waals surface area contributed by atoms with Crippen LogP contribution in [0.15, 0.2) is 0 Å². The minimum atomic E-state index is -0.574. The van der Waals surface area contributed by atoms with Crippen LogP contribution in [0.25, 0.3) is 0 Å². The minimum absolute atomic E-state index is 0.0102. The van der Waals surface area contributed by atoms with Crippen LogP contribution in [0.4, 0.5) is 14.4 Å². The van der Waals surface area contributed by atoms with Gasteiger partial charge in [0, 0.05) is 56.7 Å². The molecule has 6 amide bonds. The molecule has 0 aromatic carbocycles. The van der Waals surface area contributed by atoms with Crippen LogP contribution in [0.2, 0.25) is 0 Å². The summed E-state index contributed by atoms with van der Waals surface area (Å²) >= 11 is 0. The maximum atomic E-state index is 12.2. The van der Waals surface area contributed by atoms with E-state index in [2.05, 4.69) is 31.9 Å². The molecule has 348 valence electrons. The molecule has 12 N–H and O–H groups in total. The lowest BCUT2D eigenvalue weighted by atomic mass is 9.88. The topological polar surface area (TPSA) is 304 Å². The normalized spacial score (nSPS) is 13.8. The predicted octanol–water partition coefficient (Wildman–Crippen LogP) is 2.53. The number of likely N-dealkylation sites (N-methyl/N-ethyl adjacent to an activating group) is 3. The lowest BCUT2D eigenvalue weighted by molar-refractivity contribution is -0.128. The second kappa shape index (κ2) is 34.4. The van der Waals surface area contributed by atoms with Gasteiger partial charge in [-0.25, -0.2) is 14.4 Å². The Labute approximate surface area is 358 Å². The van der Waals surface area contributed by atoms with E-state index in [1.165, 1.54) is 20.8 Å². The molecule has 0 heterocycles. The van der Waals surface area contributed by atoms with Gasteiger partial charge in [0.1, 0.15) is 17.3 Å². The number of rotatable bonds is 30.